The fourth-order valence-electron chi connectivity index (χ4n) is 2.73. The zero-order chi connectivity index (χ0) is 23.9. The number of non-ortho nitro benzene ring substituents is 1. The Morgan fingerprint density at radius 3 is 1.68 bits per heavy atom. The number of halogens is 3. The fourth-order valence-corrected chi connectivity index (χ4v) is 2.73. The molecule has 2 aromatic rings. The van der Waals surface area contributed by atoms with E-state index in [0.29, 0.717) is 11.8 Å². The summed E-state index contributed by atoms with van der Waals surface area (Å²) in [6.45, 7) is 12.8. The van der Waals surface area contributed by atoms with E-state index in [2.05, 4.69) is 41.5 Å². The molecular weight excluding hydrogens is 403 g/mol. The van der Waals surface area contributed by atoms with Gasteiger partial charge in [-0.15, -0.1) is 0 Å². The van der Waals surface area contributed by atoms with Crippen LogP contribution in [0.2, 0.25) is 0 Å². The van der Waals surface area contributed by atoms with Gasteiger partial charge in [0.25, 0.3) is 5.69 Å². The first-order chi connectivity index (χ1) is 14.1. The molecule has 31 heavy (non-hydrogen) atoms. The van der Waals surface area contributed by atoms with Crippen LogP contribution in [-0.4, -0.2) is 4.92 Å². The Kier molecular flexibility index (Phi) is 9.27. The molecule has 2 aromatic carbocycles. The zero-order valence-corrected chi connectivity index (χ0v) is 19.3. The summed E-state index contributed by atoms with van der Waals surface area (Å²) in [5, 5.41) is 10.4. The van der Waals surface area contributed by atoms with Crippen molar-refractivity contribution < 1.29 is 18.1 Å². The number of nitrogens with zero attached hydrogens (tertiary/aromatic N) is 1. The molecule has 2 rings (SSSR count). The van der Waals surface area contributed by atoms with Gasteiger partial charge in [0.1, 0.15) is 0 Å². The van der Waals surface area contributed by atoms with Crippen molar-refractivity contribution in [2.75, 3.05) is 0 Å². The molecule has 0 spiro atoms. The van der Waals surface area contributed by atoms with Crippen LogP contribution >= 0.6 is 0 Å². The van der Waals surface area contributed by atoms with Crippen molar-refractivity contribution >= 4 is 5.69 Å². The van der Waals surface area contributed by atoms with Gasteiger partial charge in [-0.3, -0.25) is 10.1 Å². The average Bonchev–Trinajstić information content (AvgIpc) is 2.64. The van der Waals surface area contributed by atoms with Crippen molar-refractivity contribution in [1.29, 1.82) is 0 Å². The van der Waals surface area contributed by atoms with Gasteiger partial charge in [-0.05, 0) is 53.7 Å². The van der Waals surface area contributed by atoms with Crippen LogP contribution in [-0.2, 0) is 19.0 Å². The summed E-state index contributed by atoms with van der Waals surface area (Å²) in [7, 11) is 0. The molecule has 0 aromatic heterocycles. The second kappa shape index (κ2) is 10.8. The molecular formula is C25H34F3NO2. The van der Waals surface area contributed by atoms with E-state index in [4.69, 9.17) is 0 Å². The van der Waals surface area contributed by atoms with Gasteiger partial charge in [0.15, 0.2) is 0 Å². The maximum absolute atomic E-state index is 12.4. The van der Waals surface area contributed by atoms with Crippen LogP contribution in [0.25, 0.3) is 0 Å². The third-order valence-corrected chi connectivity index (χ3v) is 4.73. The van der Waals surface area contributed by atoms with E-state index >= 15 is 0 Å². The minimum absolute atomic E-state index is 0.147. The van der Waals surface area contributed by atoms with E-state index in [-0.39, 0.29) is 16.0 Å². The minimum Gasteiger partial charge on any atom is -0.258 e. The predicted octanol–water partition coefficient (Wildman–Crippen LogP) is 8.26. The molecule has 0 amide bonds. The van der Waals surface area contributed by atoms with Crippen molar-refractivity contribution in [3.05, 3.63) is 75.3 Å². The highest BCUT2D eigenvalue weighted by Crippen LogP contribution is 2.30. The lowest BCUT2D eigenvalue weighted by molar-refractivity contribution is -0.384. The second-order valence-electron chi connectivity index (χ2n) is 10.2. The molecule has 172 valence electrons. The van der Waals surface area contributed by atoms with Crippen LogP contribution in [0.15, 0.2) is 48.5 Å². The molecule has 0 aliphatic carbocycles. The van der Waals surface area contributed by atoms with Gasteiger partial charge in [-0.1, -0.05) is 71.9 Å². The molecule has 0 aliphatic rings. The normalized spacial score (nSPS) is 12.2. The summed E-state index contributed by atoms with van der Waals surface area (Å²) in [5.74, 6) is 0. The van der Waals surface area contributed by atoms with Gasteiger partial charge < -0.3 is 0 Å². The smallest absolute Gasteiger partial charge is 0.258 e. The monoisotopic (exact) mass is 437 g/mol. The lowest BCUT2D eigenvalue weighted by atomic mass is 9.88. The van der Waals surface area contributed by atoms with Crippen LogP contribution < -0.4 is 0 Å². The van der Waals surface area contributed by atoms with Crippen molar-refractivity contribution in [3.8, 4) is 0 Å². The van der Waals surface area contributed by atoms with Crippen LogP contribution in [0.4, 0.5) is 18.9 Å². The van der Waals surface area contributed by atoms with E-state index < -0.39 is 11.7 Å². The molecule has 0 atom stereocenters. The molecule has 0 unspecified atom stereocenters. The van der Waals surface area contributed by atoms with Gasteiger partial charge in [-0.2, -0.15) is 13.2 Å². The van der Waals surface area contributed by atoms with E-state index in [1.165, 1.54) is 12.1 Å². The highest BCUT2D eigenvalue weighted by Gasteiger charge is 2.30. The molecule has 0 N–H and O–H groups in total. The Bertz CT molecular complexity index is 830. The average molecular weight is 438 g/mol. The highest BCUT2D eigenvalue weighted by atomic mass is 19.4. The number of nitro groups is 1. The SMILES string of the molecule is CC(C)(C)CCc1ccc([N+](=O)[O-])cc1.CC(C)(C)CCc1cccc(C(F)(F)F)c1. The highest BCUT2D eigenvalue weighted by molar-refractivity contribution is 5.32. The fraction of sp³-hybridized carbons (Fsp3) is 0.520. The first kappa shape index (κ1) is 26.7. The van der Waals surface area contributed by atoms with Crippen molar-refractivity contribution in [3.63, 3.8) is 0 Å². The number of hydrogen-bond acceptors (Lipinski definition) is 2. The van der Waals surface area contributed by atoms with Crippen molar-refractivity contribution in [1.82, 2.24) is 0 Å². The van der Waals surface area contributed by atoms with Gasteiger partial charge in [0, 0.05) is 12.1 Å². The number of alkyl halides is 3. The van der Waals surface area contributed by atoms with Gasteiger partial charge in [-0.25, -0.2) is 0 Å². The van der Waals surface area contributed by atoms with Crippen LogP contribution in [0.3, 0.4) is 0 Å². The van der Waals surface area contributed by atoms with Crippen molar-refractivity contribution in [2.45, 2.75) is 73.4 Å². The van der Waals surface area contributed by atoms with Crippen LogP contribution in [0.1, 0.15) is 71.1 Å². The summed E-state index contributed by atoms with van der Waals surface area (Å²) in [6, 6.07) is 12.4. The Morgan fingerprint density at radius 2 is 1.26 bits per heavy atom. The Labute approximate surface area is 183 Å². The Hall–Kier alpha value is -2.37. The lowest BCUT2D eigenvalue weighted by Crippen LogP contribution is -2.08. The summed E-state index contributed by atoms with van der Waals surface area (Å²) in [5.41, 5.74) is 1.98. The molecule has 0 aliphatic heterocycles. The molecule has 6 heteroatoms. The van der Waals surface area contributed by atoms with Gasteiger partial charge >= 0.3 is 6.18 Å². The molecule has 0 saturated heterocycles. The van der Waals surface area contributed by atoms with E-state index in [1.54, 1.807) is 18.2 Å². The zero-order valence-electron chi connectivity index (χ0n) is 19.3. The number of benzene rings is 2. The predicted molar refractivity (Wildman–Crippen MR) is 120 cm³/mol. The first-order valence-corrected chi connectivity index (χ1v) is 10.5. The van der Waals surface area contributed by atoms with E-state index in [0.717, 1.165) is 36.5 Å². The molecule has 3 nitrogen and oxygen atoms in total. The standard InChI is InChI=1S/C13H17F3.C12H17NO2/c1-12(2,3)8-7-10-5-4-6-11(9-10)13(14,15)16;1-12(2,3)9-8-10-4-6-11(7-5-10)13(14)15/h4-6,9H,7-8H2,1-3H3;4-7H,8-9H2,1-3H3. The summed E-state index contributed by atoms with van der Waals surface area (Å²) >= 11 is 0. The van der Waals surface area contributed by atoms with Crippen LogP contribution in [0, 0.1) is 20.9 Å². The second-order valence-corrected chi connectivity index (χ2v) is 10.2. The molecule has 0 bridgehead atoms. The maximum atomic E-state index is 12.4. The number of nitro benzene ring substituents is 1. The summed E-state index contributed by atoms with van der Waals surface area (Å²) in [6.07, 6.45) is -0.605. The van der Waals surface area contributed by atoms with Gasteiger partial charge in [0.2, 0.25) is 0 Å². The third-order valence-electron chi connectivity index (χ3n) is 4.73. The first-order valence-electron chi connectivity index (χ1n) is 10.5. The molecule has 0 saturated carbocycles. The Balaban J connectivity index is 0.000000311. The molecule has 0 heterocycles. The van der Waals surface area contributed by atoms with E-state index in [9.17, 15) is 23.3 Å². The number of rotatable bonds is 5. The van der Waals surface area contributed by atoms with E-state index in [1.807, 2.05) is 12.1 Å². The topological polar surface area (TPSA) is 43.1 Å². The summed E-state index contributed by atoms with van der Waals surface area (Å²) in [4.78, 5) is 10.1. The Morgan fingerprint density at radius 1 is 0.774 bits per heavy atom. The third kappa shape index (κ3) is 11.6. The quantitative estimate of drug-likeness (QED) is 0.349. The van der Waals surface area contributed by atoms with Gasteiger partial charge in [0.05, 0.1) is 10.5 Å². The largest absolute Gasteiger partial charge is 0.416 e. The summed E-state index contributed by atoms with van der Waals surface area (Å²) < 4.78 is 37.3. The minimum atomic E-state index is -4.24. The molecule has 0 fully saturated rings. The van der Waals surface area contributed by atoms with Crippen molar-refractivity contribution in [2.24, 2.45) is 10.8 Å². The van der Waals surface area contributed by atoms with Crippen LogP contribution in [0.5, 0.6) is 0 Å². The lowest BCUT2D eigenvalue weighted by Gasteiger charge is -2.18. The number of aryl methyl sites for hydroxylation is 2. The maximum Gasteiger partial charge on any atom is 0.416 e. The molecule has 0 radical (unpaired) electrons. The number of hydrogen-bond donors (Lipinski definition) is 0.